The zero-order chi connectivity index (χ0) is 21.7. The number of aryl methyl sites for hydroxylation is 4. The van der Waals surface area contributed by atoms with E-state index in [-0.39, 0.29) is 18.8 Å². The number of hydrogen-bond donors (Lipinski definition) is 0. The summed E-state index contributed by atoms with van der Waals surface area (Å²) >= 11 is 0. The van der Waals surface area contributed by atoms with E-state index in [0.29, 0.717) is 17.9 Å². The molecule has 30 heavy (non-hydrogen) atoms. The summed E-state index contributed by atoms with van der Waals surface area (Å²) in [7, 11) is 0. The number of ether oxygens (including phenoxy) is 2. The molecule has 0 fully saturated rings. The number of carbonyl (C=O) groups is 2. The lowest BCUT2D eigenvalue weighted by Crippen LogP contribution is -2.16. The summed E-state index contributed by atoms with van der Waals surface area (Å²) in [6.45, 7) is 7.60. The van der Waals surface area contributed by atoms with Crippen LogP contribution in [-0.2, 0) is 22.6 Å². The summed E-state index contributed by atoms with van der Waals surface area (Å²) < 4.78 is 16.1. The van der Waals surface area contributed by atoms with E-state index in [1.54, 1.807) is 24.3 Å². The van der Waals surface area contributed by atoms with Gasteiger partial charge in [0, 0.05) is 5.56 Å². The van der Waals surface area contributed by atoms with Crippen LogP contribution < -0.4 is 4.74 Å². The molecule has 0 aliphatic rings. The van der Waals surface area contributed by atoms with Crippen molar-refractivity contribution in [1.29, 1.82) is 0 Å². The predicted octanol–water partition coefficient (Wildman–Crippen LogP) is 4.46. The molecule has 6 heteroatoms. The monoisotopic (exact) mass is 407 g/mol. The first-order chi connectivity index (χ1) is 14.3. The SMILES string of the molecule is Cc1ccc(C)c(C(=O)COC(=O)Cc2ccc(OCc3c(C)noc3C)cc2)c1. The lowest BCUT2D eigenvalue weighted by atomic mass is 10.0. The quantitative estimate of drug-likeness (QED) is 0.405. The molecule has 0 saturated heterocycles. The first-order valence-electron chi connectivity index (χ1n) is 9.73. The van der Waals surface area contributed by atoms with Gasteiger partial charge in [0.1, 0.15) is 18.1 Å². The number of ketones is 1. The fourth-order valence-corrected chi connectivity index (χ4v) is 3.04. The van der Waals surface area contributed by atoms with Crippen LogP contribution in [0.5, 0.6) is 5.75 Å². The van der Waals surface area contributed by atoms with E-state index >= 15 is 0 Å². The Kier molecular flexibility index (Phi) is 6.67. The second-order valence-electron chi connectivity index (χ2n) is 7.31. The summed E-state index contributed by atoms with van der Waals surface area (Å²) in [5.74, 6) is 0.769. The third-order valence-corrected chi connectivity index (χ3v) is 4.89. The lowest BCUT2D eigenvalue weighted by Gasteiger charge is -2.09. The van der Waals surface area contributed by atoms with Crippen LogP contribution in [0, 0.1) is 27.7 Å². The fraction of sp³-hybridized carbons (Fsp3) is 0.292. The summed E-state index contributed by atoms with van der Waals surface area (Å²) in [5, 5.41) is 3.90. The van der Waals surface area contributed by atoms with Gasteiger partial charge in [-0.25, -0.2) is 0 Å². The number of aromatic nitrogens is 1. The Bertz CT molecular complexity index is 1030. The number of rotatable bonds is 8. The summed E-state index contributed by atoms with van der Waals surface area (Å²) in [4.78, 5) is 24.4. The van der Waals surface area contributed by atoms with E-state index < -0.39 is 5.97 Å². The van der Waals surface area contributed by atoms with Crippen molar-refractivity contribution >= 4 is 11.8 Å². The highest BCUT2D eigenvalue weighted by Crippen LogP contribution is 2.18. The Hall–Kier alpha value is -3.41. The molecule has 0 atom stereocenters. The number of hydrogen-bond acceptors (Lipinski definition) is 6. The number of nitrogens with zero attached hydrogens (tertiary/aromatic N) is 1. The standard InChI is InChI=1S/C24H25NO5/c1-15-5-6-16(2)21(11-15)23(26)14-29-24(27)12-19-7-9-20(10-8-19)28-13-22-17(3)25-30-18(22)4/h5-11H,12-14H2,1-4H3. The Morgan fingerprint density at radius 1 is 1.00 bits per heavy atom. The first-order valence-corrected chi connectivity index (χ1v) is 9.73. The van der Waals surface area contributed by atoms with Crippen molar-refractivity contribution in [2.45, 2.75) is 40.7 Å². The molecule has 0 radical (unpaired) electrons. The molecule has 0 saturated carbocycles. The summed E-state index contributed by atoms with van der Waals surface area (Å²) in [6.07, 6.45) is 0.0875. The van der Waals surface area contributed by atoms with Gasteiger partial charge < -0.3 is 14.0 Å². The Labute approximate surface area is 175 Å². The Balaban J connectivity index is 1.49. The summed E-state index contributed by atoms with van der Waals surface area (Å²) in [6, 6.07) is 12.8. The lowest BCUT2D eigenvalue weighted by molar-refractivity contribution is -0.141. The first kappa shape index (κ1) is 21.3. The number of carbonyl (C=O) groups excluding carboxylic acids is 2. The van der Waals surface area contributed by atoms with Crippen LogP contribution in [-0.4, -0.2) is 23.5 Å². The highest BCUT2D eigenvalue weighted by Gasteiger charge is 2.13. The van der Waals surface area contributed by atoms with Crippen LogP contribution in [0.2, 0.25) is 0 Å². The normalized spacial score (nSPS) is 10.7. The van der Waals surface area contributed by atoms with E-state index in [9.17, 15) is 9.59 Å². The molecule has 1 heterocycles. The van der Waals surface area contributed by atoms with Gasteiger partial charge in [0.05, 0.1) is 17.7 Å². The molecule has 1 aromatic heterocycles. The van der Waals surface area contributed by atoms with Crippen molar-refractivity contribution in [3.8, 4) is 5.75 Å². The van der Waals surface area contributed by atoms with E-state index in [4.69, 9.17) is 14.0 Å². The van der Waals surface area contributed by atoms with Crippen LogP contribution in [0.1, 0.15) is 44.1 Å². The summed E-state index contributed by atoms with van der Waals surface area (Å²) in [5.41, 5.74) is 4.96. The molecule has 0 bridgehead atoms. The minimum atomic E-state index is -0.446. The third-order valence-electron chi connectivity index (χ3n) is 4.89. The van der Waals surface area contributed by atoms with E-state index in [1.807, 2.05) is 45.9 Å². The van der Waals surface area contributed by atoms with Gasteiger partial charge >= 0.3 is 5.97 Å². The molecular weight excluding hydrogens is 382 g/mol. The predicted molar refractivity (Wildman–Crippen MR) is 112 cm³/mol. The van der Waals surface area contributed by atoms with Gasteiger partial charge in [0.2, 0.25) is 5.78 Å². The molecule has 0 spiro atoms. The molecule has 0 aliphatic carbocycles. The topological polar surface area (TPSA) is 78.6 Å². The maximum atomic E-state index is 12.3. The molecule has 2 aromatic carbocycles. The Morgan fingerprint density at radius 3 is 2.40 bits per heavy atom. The van der Waals surface area contributed by atoms with Gasteiger partial charge in [0.25, 0.3) is 0 Å². The fourth-order valence-electron chi connectivity index (χ4n) is 3.04. The molecule has 0 amide bonds. The van der Waals surface area contributed by atoms with E-state index in [1.165, 1.54) is 0 Å². The second kappa shape index (κ2) is 9.39. The van der Waals surface area contributed by atoms with Crippen molar-refractivity contribution in [3.05, 3.63) is 81.7 Å². The van der Waals surface area contributed by atoms with Crippen LogP contribution in [0.4, 0.5) is 0 Å². The van der Waals surface area contributed by atoms with Gasteiger partial charge in [-0.3, -0.25) is 9.59 Å². The highest BCUT2D eigenvalue weighted by molar-refractivity contribution is 5.99. The zero-order valence-corrected chi connectivity index (χ0v) is 17.7. The minimum Gasteiger partial charge on any atom is -0.489 e. The molecule has 6 nitrogen and oxygen atoms in total. The van der Waals surface area contributed by atoms with Crippen molar-refractivity contribution in [2.75, 3.05) is 6.61 Å². The third kappa shape index (κ3) is 5.35. The van der Waals surface area contributed by atoms with Gasteiger partial charge in [-0.1, -0.05) is 35.0 Å². The van der Waals surface area contributed by atoms with Gasteiger partial charge in [-0.05, 0) is 57.0 Å². The van der Waals surface area contributed by atoms with Crippen molar-refractivity contribution < 1.29 is 23.6 Å². The van der Waals surface area contributed by atoms with Crippen molar-refractivity contribution in [2.24, 2.45) is 0 Å². The molecule has 3 rings (SSSR count). The number of esters is 1. The maximum Gasteiger partial charge on any atom is 0.310 e. The largest absolute Gasteiger partial charge is 0.489 e. The van der Waals surface area contributed by atoms with Crippen molar-refractivity contribution in [3.63, 3.8) is 0 Å². The average Bonchev–Trinajstić information content (AvgIpc) is 3.05. The molecular formula is C24H25NO5. The smallest absolute Gasteiger partial charge is 0.310 e. The molecule has 0 unspecified atom stereocenters. The Morgan fingerprint density at radius 2 is 1.73 bits per heavy atom. The van der Waals surface area contributed by atoms with Crippen LogP contribution >= 0.6 is 0 Å². The van der Waals surface area contributed by atoms with Crippen molar-refractivity contribution in [1.82, 2.24) is 5.16 Å². The van der Waals surface area contributed by atoms with Gasteiger partial charge in [-0.2, -0.15) is 0 Å². The molecule has 0 N–H and O–H groups in total. The zero-order valence-electron chi connectivity index (χ0n) is 17.7. The minimum absolute atomic E-state index is 0.0875. The molecule has 3 aromatic rings. The van der Waals surface area contributed by atoms with Crippen LogP contribution in [0.15, 0.2) is 47.0 Å². The maximum absolute atomic E-state index is 12.3. The van der Waals surface area contributed by atoms with Crippen LogP contribution in [0.25, 0.3) is 0 Å². The number of Topliss-reactive ketones (excluding diaryl/α,β-unsaturated/α-hetero) is 1. The van der Waals surface area contributed by atoms with Gasteiger partial charge in [-0.15, -0.1) is 0 Å². The van der Waals surface area contributed by atoms with E-state index in [2.05, 4.69) is 5.16 Å². The second-order valence-corrected chi connectivity index (χ2v) is 7.31. The van der Waals surface area contributed by atoms with E-state index in [0.717, 1.165) is 33.7 Å². The van der Waals surface area contributed by atoms with Gasteiger partial charge in [0.15, 0.2) is 6.61 Å². The highest BCUT2D eigenvalue weighted by atomic mass is 16.5. The number of benzene rings is 2. The van der Waals surface area contributed by atoms with Crippen LogP contribution in [0.3, 0.4) is 0 Å². The average molecular weight is 407 g/mol. The molecule has 156 valence electrons. The molecule has 0 aliphatic heterocycles.